The minimum absolute atomic E-state index is 0.123. The first-order valence-corrected chi connectivity index (χ1v) is 5.86. The van der Waals surface area contributed by atoms with Gasteiger partial charge in [-0.25, -0.2) is 4.98 Å². The molecule has 0 amide bonds. The third-order valence-electron chi connectivity index (χ3n) is 2.89. The van der Waals surface area contributed by atoms with Crippen LogP contribution in [0.2, 0.25) is 0 Å². The molecule has 0 aliphatic rings. The summed E-state index contributed by atoms with van der Waals surface area (Å²) in [6.07, 6.45) is 2.25. The lowest BCUT2D eigenvalue weighted by molar-refractivity contribution is 0.670. The van der Waals surface area contributed by atoms with E-state index in [1.54, 1.807) is 0 Å². The van der Waals surface area contributed by atoms with Crippen molar-refractivity contribution in [3.05, 3.63) is 47.5 Å². The van der Waals surface area contributed by atoms with E-state index < -0.39 is 0 Å². The molecule has 17 heavy (non-hydrogen) atoms. The molecular weight excluding hydrogens is 212 g/mol. The zero-order valence-electron chi connectivity index (χ0n) is 10.2. The topological polar surface area (TPSA) is 67.6 Å². The van der Waals surface area contributed by atoms with Crippen LogP contribution in [0.5, 0.6) is 0 Å². The first-order valence-electron chi connectivity index (χ1n) is 5.86. The Labute approximate surface area is 101 Å². The van der Waals surface area contributed by atoms with E-state index in [1.165, 1.54) is 17.5 Å². The van der Waals surface area contributed by atoms with Crippen molar-refractivity contribution in [1.82, 2.24) is 15.2 Å². The Morgan fingerprint density at radius 3 is 2.47 bits per heavy atom. The minimum Gasteiger partial charge on any atom is -0.321 e. The lowest BCUT2D eigenvalue weighted by Crippen LogP contribution is -2.15. The molecule has 0 aliphatic heterocycles. The molecule has 1 aromatic carbocycles. The van der Waals surface area contributed by atoms with Crippen LogP contribution in [-0.2, 0) is 6.42 Å². The van der Waals surface area contributed by atoms with Gasteiger partial charge in [0.1, 0.15) is 12.2 Å². The average Bonchev–Trinajstić information content (AvgIpc) is 2.83. The molecule has 2 aromatic rings. The predicted molar refractivity (Wildman–Crippen MR) is 67.5 cm³/mol. The monoisotopic (exact) mass is 230 g/mol. The number of H-pyrrole nitrogens is 1. The molecule has 0 radical (unpaired) electrons. The van der Waals surface area contributed by atoms with Gasteiger partial charge in [0, 0.05) is 0 Å². The molecule has 0 spiro atoms. The van der Waals surface area contributed by atoms with Crippen molar-refractivity contribution in [2.75, 3.05) is 0 Å². The number of aromatic amines is 1. The van der Waals surface area contributed by atoms with Crippen LogP contribution in [0.15, 0.2) is 30.6 Å². The molecule has 1 atom stereocenters. The van der Waals surface area contributed by atoms with E-state index in [-0.39, 0.29) is 6.04 Å². The number of rotatable bonds is 4. The summed E-state index contributed by atoms with van der Waals surface area (Å²) in [6, 6.07) is 8.46. The zero-order valence-corrected chi connectivity index (χ0v) is 10.2. The average molecular weight is 230 g/mol. The summed E-state index contributed by atoms with van der Waals surface area (Å²) in [4.78, 5) is 4.07. The fourth-order valence-corrected chi connectivity index (χ4v) is 1.78. The highest BCUT2D eigenvalue weighted by Crippen LogP contribution is 2.17. The highest BCUT2D eigenvalue weighted by Gasteiger charge is 2.09. The number of nitrogens with two attached hydrogens (primary N) is 1. The number of aromatic nitrogens is 3. The van der Waals surface area contributed by atoms with Gasteiger partial charge >= 0.3 is 0 Å². The minimum atomic E-state index is -0.123. The van der Waals surface area contributed by atoms with Gasteiger partial charge in [0.25, 0.3) is 0 Å². The van der Waals surface area contributed by atoms with Crippen LogP contribution in [0.25, 0.3) is 0 Å². The maximum absolute atomic E-state index is 6.04. The van der Waals surface area contributed by atoms with E-state index in [9.17, 15) is 0 Å². The Balaban J connectivity index is 2.04. The van der Waals surface area contributed by atoms with Gasteiger partial charge < -0.3 is 5.73 Å². The third-order valence-corrected chi connectivity index (χ3v) is 2.89. The molecule has 4 nitrogen and oxygen atoms in total. The van der Waals surface area contributed by atoms with Gasteiger partial charge in [-0.1, -0.05) is 38.1 Å². The maximum atomic E-state index is 6.04. The standard InChI is InChI=1S/C13H18N4/c1-9(2)11-5-3-10(4-6-11)7-12(14)13-15-8-16-17-13/h3-6,8-9,12H,7,14H2,1-2H3,(H,15,16,17). The highest BCUT2D eigenvalue weighted by atomic mass is 15.2. The van der Waals surface area contributed by atoms with Gasteiger partial charge in [0.15, 0.2) is 0 Å². The molecule has 0 saturated heterocycles. The lowest BCUT2D eigenvalue weighted by Gasteiger charge is -2.10. The smallest absolute Gasteiger partial charge is 0.141 e. The zero-order chi connectivity index (χ0) is 12.3. The molecule has 0 bridgehead atoms. The molecule has 3 N–H and O–H groups in total. The van der Waals surface area contributed by atoms with E-state index in [0.29, 0.717) is 5.92 Å². The van der Waals surface area contributed by atoms with E-state index in [1.807, 2.05) is 0 Å². The quantitative estimate of drug-likeness (QED) is 0.845. The summed E-state index contributed by atoms with van der Waals surface area (Å²) < 4.78 is 0. The second-order valence-corrected chi connectivity index (χ2v) is 4.58. The summed E-state index contributed by atoms with van der Waals surface area (Å²) in [5.41, 5.74) is 8.61. The molecule has 1 unspecified atom stereocenters. The van der Waals surface area contributed by atoms with Gasteiger partial charge in [-0.3, -0.25) is 5.10 Å². The van der Waals surface area contributed by atoms with Gasteiger partial charge in [-0.2, -0.15) is 5.10 Å². The van der Waals surface area contributed by atoms with Crippen molar-refractivity contribution in [2.45, 2.75) is 32.2 Å². The molecule has 2 rings (SSSR count). The normalized spacial score (nSPS) is 12.9. The van der Waals surface area contributed by atoms with Gasteiger partial charge in [-0.15, -0.1) is 0 Å². The van der Waals surface area contributed by atoms with E-state index in [2.05, 4.69) is 53.3 Å². The van der Waals surface area contributed by atoms with Crippen molar-refractivity contribution in [3.8, 4) is 0 Å². The number of hydrogen-bond donors (Lipinski definition) is 2. The fraction of sp³-hybridized carbons (Fsp3) is 0.385. The molecular formula is C13H18N4. The molecule has 1 aromatic heterocycles. The maximum Gasteiger partial charge on any atom is 0.141 e. The van der Waals surface area contributed by atoms with Crippen molar-refractivity contribution in [1.29, 1.82) is 0 Å². The molecule has 1 heterocycles. The summed E-state index contributed by atoms with van der Waals surface area (Å²) in [7, 11) is 0. The van der Waals surface area contributed by atoms with Gasteiger partial charge in [-0.05, 0) is 23.5 Å². The van der Waals surface area contributed by atoms with Gasteiger partial charge in [0.2, 0.25) is 0 Å². The van der Waals surface area contributed by atoms with Crippen LogP contribution < -0.4 is 5.73 Å². The van der Waals surface area contributed by atoms with Crippen LogP contribution in [0.1, 0.15) is 42.8 Å². The lowest BCUT2D eigenvalue weighted by atomic mass is 9.99. The Hall–Kier alpha value is -1.68. The summed E-state index contributed by atoms with van der Waals surface area (Å²) in [6.45, 7) is 4.38. The predicted octanol–water partition coefficient (Wildman–Crippen LogP) is 2.17. The van der Waals surface area contributed by atoms with Crippen LogP contribution >= 0.6 is 0 Å². The second kappa shape index (κ2) is 5.10. The van der Waals surface area contributed by atoms with E-state index >= 15 is 0 Å². The molecule has 0 fully saturated rings. The van der Waals surface area contributed by atoms with Crippen molar-refractivity contribution in [2.24, 2.45) is 5.73 Å². The summed E-state index contributed by atoms with van der Waals surface area (Å²) in [5.74, 6) is 1.30. The first-order chi connectivity index (χ1) is 8.16. The van der Waals surface area contributed by atoms with Crippen LogP contribution in [0, 0.1) is 0 Å². The first kappa shape index (κ1) is 11.8. The number of nitrogens with zero attached hydrogens (tertiary/aromatic N) is 2. The van der Waals surface area contributed by atoms with Crippen LogP contribution in [0.4, 0.5) is 0 Å². The SMILES string of the molecule is CC(C)c1ccc(CC(N)c2ncn[nH]2)cc1. The van der Waals surface area contributed by atoms with E-state index in [0.717, 1.165) is 12.2 Å². The Morgan fingerprint density at radius 2 is 1.94 bits per heavy atom. The summed E-state index contributed by atoms with van der Waals surface area (Å²) in [5, 5.41) is 6.61. The Bertz CT molecular complexity index is 445. The molecule has 90 valence electrons. The molecule has 4 heteroatoms. The largest absolute Gasteiger partial charge is 0.321 e. The summed E-state index contributed by atoms with van der Waals surface area (Å²) >= 11 is 0. The van der Waals surface area contributed by atoms with E-state index in [4.69, 9.17) is 5.73 Å². The third kappa shape index (κ3) is 2.91. The highest BCUT2D eigenvalue weighted by molar-refractivity contribution is 5.25. The molecule has 0 saturated carbocycles. The van der Waals surface area contributed by atoms with Crippen LogP contribution in [-0.4, -0.2) is 15.2 Å². The fourth-order valence-electron chi connectivity index (χ4n) is 1.78. The number of hydrogen-bond acceptors (Lipinski definition) is 3. The van der Waals surface area contributed by atoms with Crippen molar-refractivity contribution < 1.29 is 0 Å². The molecule has 0 aliphatic carbocycles. The Kier molecular flexibility index (Phi) is 3.54. The number of nitrogens with one attached hydrogen (secondary N) is 1. The van der Waals surface area contributed by atoms with Crippen LogP contribution in [0.3, 0.4) is 0 Å². The second-order valence-electron chi connectivity index (χ2n) is 4.58. The number of benzene rings is 1. The van der Waals surface area contributed by atoms with Gasteiger partial charge in [0.05, 0.1) is 6.04 Å². The van der Waals surface area contributed by atoms with Crippen molar-refractivity contribution >= 4 is 0 Å². The Morgan fingerprint density at radius 1 is 1.24 bits per heavy atom. The van der Waals surface area contributed by atoms with Crippen molar-refractivity contribution in [3.63, 3.8) is 0 Å².